The molecule has 0 saturated carbocycles. The summed E-state index contributed by atoms with van der Waals surface area (Å²) in [5.74, 6) is -1.91. The van der Waals surface area contributed by atoms with Crippen LogP contribution in [-0.2, 0) is 19.1 Å². The molecule has 0 fully saturated rings. The van der Waals surface area contributed by atoms with Crippen molar-refractivity contribution in [1.82, 2.24) is 15.1 Å². The van der Waals surface area contributed by atoms with Gasteiger partial charge in [-0.2, -0.15) is 5.10 Å². The molecule has 2 aromatic carbocycles. The fourth-order valence-electron chi connectivity index (χ4n) is 4.53. The lowest BCUT2D eigenvalue weighted by Gasteiger charge is -2.30. The van der Waals surface area contributed by atoms with Crippen LogP contribution in [0.2, 0.25) is 0 Å². The van der Waals surface area contributed by atoms with E-state index in [9.17, 15) is 14.8 Å². The van der Waals surface area contributed by atoms with Crippen molar-refractivity contribution >= 4 is 17.6 Å². The monoisotopic (exact) mass is 519 g/mol. The van der Waals surface area contributed by atoms with E-state index in [-0.39, 0.29) is 18.7 Å². The molecule has 2 heterocycles. The summed E-state index contributed by atoms with van der Waals surface area (Å²) in [6.07, 6.45) is 1.80. The van der Waals surface area contributed by atoms with E-state index in [1.54, 1.807) is 56.8 Å². The molecule has 0 bridgehead atoms. The number of allylic oxidation sites excluding steroid dienone is 2. The zero-order chi connectivity index (χ0) is 26.5. The largest absolute Gasteiger partial charge is 0.761 e. The Morgan fingerprint density at radius 1 is 0.974 bits per heavy atom. The van der Waals surface area contributed by atoms with E-state index in [0.717, 1.165) is 5.69 Å². The van der Waals surface area contributed by atoms with E-state index < -0.39 is 17.9 Å². The van der Waals surface area contributed by atoms with Gasteiger partial charge in [-0.3, -0.25) is 0 Å². The van der Waals surface area contributed by atoms with Gasteiger partial charge in [0.1, 0.15) is 0 Å². The number of carbonyl (C=O) groups is 2. The van der Waals surface area contributed by atoms with Crippen LogP contribution in [0.5, 0.6) is 0 Å². The van der Waals surface area contributed by atoms with E-state index in [2.05, 4.69) is 5.32 Å². The maximum Gasteiger partial charge on any atom is 0.336 e. The van der Waals surface area contributed by atoms with Gasteiger partial charge in [0.05, 0.1) is 41.7 Å². The van der Waals surface area contributed by atoms with Crippen molar-refractivity contribution in [3.63, 3.8) is 0 Å². The summed E-state index contributed by atoms with van der Waals surface area (Å²) >= 11 is 0. The highest BCUT2D eigenvalue weighted by Gasteiger charge is 2.40. The van der Waals surface area contributed by atoms with Gasteiger partial charge in [-0.25, -0.2) is 14.3 Å². The van der Waals surface area contributed by atoms with Crippen molar-refractivity contribution in [2.75, 3.05) is 18.7 Å². The van der Waals surface area contributed by atoms with Gasteiger partial charge in [0, 0.05) is 34.4 Å². The van der Waals surface area contributed by atoms with Crippen LogP contribution in [0.4, 0.5) is 5.69 Å². The van der Waals surface area contributed by atoms with Gasteiger partial charge in [-0.15, -0.1) is 0 Å². The number of dihydropyridines is 1. The topological polar surface area (TPSA) is 149 Å². The highest BCUT2D eigenvalue weighted by atomic mass is 16.5. The maximum atomic E-state index is 13.3. The van der Waals surface area contributed by atoms with Gasteiger partial charge in [0.2, 0.25) is 0 Å². The average Bonchev–Trinajstić information content (AvgIpc) is 3.34. The second-order valence-electron chi connectivity index (χ2n) is 8.47. The number of anilines is 1. The molecule has 0 unspecified atom stereocenters. The highest BCUT2D eigenvalue weighted by Crippen LogP contribution is 2.43. The second-order valence-corrected chi connectivity index (χ2v) is 8.47. The molecule has 3 aromatic rings. The Morgan fingerprint density at radius 2 is 1.58 bits per heavy atom. The molecule has 1 aliphatic rings. The number of nitrogens with one attached hydrogen (secondary N) is 2. The van der Waals surface area contributed by atoms with Gasteiger partial charge in [-0.05, 0) is 52.0 Å². The molecule has 0 saturated heterocycles. The number of aromatic nitrogens is 2. The third kappa shape index (κ3) is 5.46. The third-order valence-corrected chi connectivity index (χ3v) is 6.08. The number of hydrogen-bond acceptors (Lipinski definition) is 8. The lowest BCUT2D eigenvalue weighted by Crippen LogP contribution is -2.32. The van der Waals surface area contributed by atoms with Crippen molar-refractivity contribution in [3.05, 3.63) is 94.1 Å². The minimum absolute atomic E-state index is 0. The number of para-hydroxylation sites is 1. The Kier molecular flexibility index (Phi) is 9.06. The van der Waals surface area contributed by atoms with Gasteiger partial charge in [-0.1, -0.05) is 30.3 Å². The first-order chi connectivity index (χ1) is 17.9. The fraction of sp³-hybridized carbons (Fsp3) is 0.250. The number of esters is 2. The normalized spacial score (nSPS) is 13.5. The summed E-state index contributed by atoms with van der Waals surface area (Å²) in [6, 6.07) is 16.4. The molecular weight excluding hydrogens is 488 g/mol. The van der Waals surface area contributed by atoms with Crippen LogP contribution in [-0.4, -0.2) is 40.4 Å². The van der Waals surface area contributed by atoms with E-state index in [0.29, 0.717) is 45.0 Å². The zero-order valence-corrected chi connectivity index (χ0v) is 21.7. The van der Waals surface area contributed by atoms with Gasteiger partial charge < -0.3 is 31.0 Å². The van der Waals surface area contributed by atoms with Crippen LogP contribution in [0, 0.1) is 5.21 Å². The van der Waals surface area contributed by atoms with E-state index in [4.69, 9.17) is 14.6 Å². The number of carbonyl (C=O) groups excluding carboxylic acids is 2. The Bertz CT molecular complexity index is 1340. The van der Waals surface area contributed by atoms with E-state index in [1.165, 1.54) is 0 Å². The Morgan fingerprint density at radius 3 is 2.13 bits per heavy atom. The van der Waals surface area contributed by atoms with Crippen molar-refractivity contribution in [1.29, 1.82) is 0 Å². The lowest BCUT2D eigenvalue weighted by atomic mass is 9.79. The first kappa shape index (κ1) is 28.2. The van der Waals surface area contributed by atoms with Crippen LogP contribution in [0.1, 0.15) is 39.2 Å². The molecule has 200 valence electrons. The molecule has 0 amide bonds. The van der Waals surface area contributed by atoms with E-state index in [1.807, 2.05) is 41.9 Å². The third-order valence-electron chi connectivity index (χ3n) is 6.08. The van der Waals surface area contributed by atoms with Crippen molar-refractivity contribution in [3.8, 4) is 16.9 Å². The minimum Gasteiger partial charge on any atom is -0.761 e. The quantitative estimate of drug-likeness (QED) is 0.335. The molecule has 38 heavy (non-hydrogen) atoms. The molecule has 4 rings (SSSR count). The predicted octanol–water partition coefficient (Wildman–Crippen LogP) is 3.99. The van der Waals surface area contributed by atoms with Crippen LogP contribution in [0.15, 0.2) is 83.3 Å². The molecule has 0 atom stereocenters. The molecule has 0 spiro atoms. The maximum absolute atomic E-state index is 13.3. The molecule has 0 aliphatic carbocycles. The van der Waals surface area contributed by atoms with Crippen molar-refractivity contribution < 1.29 is 24.5 Å². The molecule has 0 radical (unpaired) electrons. The smallest absolute Gasteiger partial charge is 0.336 e. The minimum atomic E-state index is -0.823. The summed E-state index contributed by atoms with van der Waals surface area (Å²) < 4.78 is 12.5. The summed E-state index contributed by atoms with van der Waals surface area (Å²) in [7, 11) is 0. The summed E-state index contributed by atoms with van der Waals surface area (Å²) in [5, 5.41) is 19.4. The Balaban J connectivity index is 0.00000400. The van der Waals surface area contributed by atoms with Crippen molar-refractivity contribution in [2.45, 2.75) is 33.6 Å². The van der Waals surface area contributed by atoms with Gasteiger partial charge >= 0.3 is 11.9 Å². The predicted molar refractivity (Wildman–Crippen MR) is 144 cm³/mol. The number of nitrogens with zero attached hydrogens (tertiary/aromatic N) is 2. The molecule has 1 aliphatic heterocycles. The Hall–Kier alpha value is -4.41. The fourth-order valence-corrected chi connectivity index (χ4v) is 4.53. The molecule has 4 N–H and O–H groups in total. The van der Waals surface area contributed by atoms with Crippen LogP contribution in [0.25, 0.3) is 16.9 Å². The number of rotatable bonds is 8. The van der Waals surface area contributed by atoms with Gasteiger partial charge in [0.15, 0.2) is 0 Å². The Labute approximate surface area is 220 Å². The first-order valence-electron chi connectivity index (χ1n) is 12.1. The van der Waals surface area contributed by atoms with Crippen molar-refractivity contribution in [2.24, 2.45) is 0 Å². The summed E-state index contributed by atoms with van der Waals surface area (Å²) in [5.41, 5.74) is 6.55. The molecule has 1 aromatic heterocycles. The number of hydrogen-bond donors (Lipinski definition) is 2. The standard InChI is InChI=1S/C28H29N4O5.H2O/c1-5-36-27(33)23-17(3)29-18(4)24(28(34)37-6-2)25(23)22-16-32(21-13-8-7-9-14-21)30-26(22)19-11-10-12-20(15-19)31-35;/h7-16,25,29,31H,5-6H2,1-4H3;1H2/q-1;. The second kappa shape index (κ2) is 12.2. The molecule has 10 heteroatoms. The van der Waals surface area contributed by atoms with Gasteiger partial charge in [0.25, 0.3) is 0 Å². The molecular formula is C28H31N4O6-. The summed E-state index contributed by atoms with van der Waals surface area (Å²) in [4.78, 5) is 26.6. The zero-order valence-electron chi connectivity index (χ0n) is 21.7. The highest BCUT2D eigenvalue weighted by molar-refractivity contribution is 6.00. The van der Waals surface area contributed by atoms with Crippen LogP contribution in [0.3, 0.4) is 0 Å². The SMILES string of the molecule is CCOC(=O)C1=C(C)NC(C)=C(C(=O)OCC)C1c1cn(-c2ccccc2)nc1-c1cccc(N[O-])c1.O. The van der Waals surface area contributed by atoms with E-state index >= 15 is 0 Å². The van der Waals surface area contributed by atoms with Crippen LogP contribution < -0.4 is 10.8 Å². The lowest BCUT2D eigenvalue weighted by molar-refractivity contribution is -0.139. The molecule has 10 nitrogen and oxygen atoms in total. The number of benzene rings is 2. The summed E-state index contributed by atoms with van der Waals surface area (Å²) in [6.45, 7) is 7.35. The first-order valence-corrected chi connectivity index (χ1v) is 12.1. The number of ether oxygens (including phenoxy) is 2. The average molecular weight is 520 g/mol. The van der Waals surface area contributed by atoms with Crippen LogP contribution >= 0.6 is 0 Å².